The number of carbonyl (C=O) groups excluding carboxylic acids is 1. The lowest BCUT2D eigenvalue weighted by atomic mass is 10.1. The van der Waals surface area contributed by atoms with Crippen LogP contribution in [0.4, 0.5) is 10.1 Å². The normalized spacial score (nSPS) is 15.9. The highest BCUT2D eigenvalue weighted by Gasteiger charge is 2.33. The first-order chi connectivity index (χ1) is 16.7. The van der Waals surface area contributed by atoms with Crippen molar-refractivity contribution in [3.05, 3.63) is 72.4 Å². The first kappa shape index (κ1) is 20.4. The maximum atomic E-state index is 14.3. The second-order valence-electron chi connectivity index (χ2n) is 8.31. The highest BCUT2D eigenvalue weighted by atomic mass is 19.1. The summed E-state index contributed by atoms with van der Waals surface area (Å²) >= 11 is 0. The number of nitrogens with one attached hydrogen (secondary N) is 2. The lowest BCUT2D eigenvalue weighted by Crippen LogP contribution is -2.42. The summed E-state index contributed by atoms with van der Waals surface area (Å²) in [6, 6.07) is 14.7. The Morgan fingerprint density at radius 1 is 1.09 bits per heavy atom. The molecule has 0 saturated heterocycles. The first-order valence-electron chi connectivity index (χ1n) is 11.1. The van der Waals surface area contributed by atoms with Gasteiger partial charge in [-0.3, -0.25) is 20.1 Å². The number of aromatic nitrogens is 3. The average molecular weight is 455 g/mol. The summed E-state index contributed by atoms with van der Waals surface area (Å²) < 4.78 is 16.3. The molecule has 0 spiro atoms. The maximum Gasteiger partial charge on any atom is 0.181 e. The van der Waals surface area contributed by atoms with Crippen LogP contribution in [0, 0.1) is 5.82 Å². The van der Waals surface area contributed by atoms with Gasteiger partial charge in [0.2, 0.25) is 0 Å². The van der Waals surface area contributed by atoms with Crippen molar-refractivity contribution >= 4 is 50.5 Å². The number of H-pyrrole nitrogens is 1. The van der Waals surface area contributed by atoms with Gasteiger partial charge in [-0.15, -0.1) is 0 Å². The number of hydrogen-bond donors (Lipinski definition) is 3. The van der Waals surface area contributed by atoms with Crippen LogP contribution in [0.1, 0.15) is 12.1 Å². The van der Waals surface area contributed by atoms with Crippen molar-refractivity contribution in [3.63, 3.8) is 0 Å². The lowest BCUT2D eigenvalue weighted by Gasteiger charge is -2.22. The molecule has 4 heterocycles. The predicted molar refractivity (Wildman–Crippen MR) is 131 cm³/mol. The number of fused-ring (bicyclic) bond motifs is 4. The summed E-state index contributed by atoms with van der Waals surface area (Å²) in [5, 5.41) is 7.23. The van der Waals surface area contributed by atoms with E-state index in [-0.39, 0.29) is 5.82 Å². The molecule has 6 rings (SSSR count). The van der Waals surface area contributed by atoms with Crippen molar-refractivity contribution in [2.75, 3.05) is 11.4 Å². The number of halogens is 1. The van der Waals surface area contributed by atoms with Gasteiger partial charge in [0, 0.05) is 34.4 Å². The number of para-hydroxylation sites is 1. The van der Waals surface area contributed by atoms with Crippen molar-refractivity contribution in [3.8, 4) is 0 Å². The Morgan fingerprint density at radius 3 is 2.82 bits per heavy atom. The number of carbonyl (C=O) groups is 1. The van der Waals surface area contributed by atoms with E-state index in [9.17, 15) is 9.18 Å². The summed E-state index contributed by atoms with van der Waals surface area (Å²) in [5.74, 6) is 0.142. The molecule has 34 heavy (non-hydrogen) atoms. The van der Waals surface area contributed by atoms with Crippen molar-refractivity contribution in [1.82, 2.24) is 20.0 Å². The number of rotatable bonds is 6. The molecule has 1 aliphatic rings. The fourth-order valence-electron chi connectivity index (χ4n) is 4.67. The number of benzene rings is 2. The molecule has 0 radical (unpaired) electrons. The van der Waals surface area contributed by atoms with E-state index in [1.54, 1.807) is 17.2 Å². The van der Waals surface area contributed by atoms with Gasteiger partial charge in [-0.25, -0.2) is 4.39 Å². The van der Waals surface area contributed by atoms with Gasteiger partial charge in [0.1, 0.15) is 11.5 Å². The maximum absolute atomic E-state index is 14.3. The highest BCUT2D eigenvalue weighted by Crippen LogP contribution is 2.34. The third kappa shape index (κ3) is 3.12. The number of aromatic amines is 1. The van der Waals surface area contributed by atoms with Crippen LogP contribution in [-0.4, -0.2) is 39.4 Å². The second kappa shape index (κ2) is 7.96. The fourth-order valence-corrected chi connectivity index (χ4v) is 4.67. The Kier molecular flexibility index (Phi) is 4.77. The first-order valence-corrected chi connectivity index (χ1v) is 11.1. The van der Waals surface area contributed by atoms with E-state index in [0.717, 1.165) is 40.0 Å². The highest BCUT2D eigenvalue weighted by molar-refractivity contribution is 6.17. The number of pyridine rings is 1. The van der Waals surface area contributed by atoms with E-state index in [4.69, 9.17) is 5.73 Å². The zero-order valence-electron chi connectivity index (χ0n) is 18.2. The predicted octanol–water partition coefficient (Wildman–Crippen LogP) is 3.46. The number of nitrogens with two attached hydrogens (primary N) is 1. The molecule has 3 aromatic heterocycles. The Hall–Kier alpha value is -4.24. The molecule has 0 bridgehead atoms. The fraction of sp³-hybridized carbons (Fsp3) is 0.160. The molecule has 1 aliphatic heterocycles. The number of hydrogen-bond acceptors (Lipinski definition) is 6. The number of amidine groups is 1. The SMILES string of the molecule is NCCCn1cc(N2C(c3cc4c(cn3)[nH]c3ccccc34)=NNC2C=O)c2cc(F)ccc21. The van der Waals surface area contributed by atoms with Gasteiger partial charge >= 0.3 is 0 Å². The Labute approximate surface area is 193 Å². The molecule has 0 aliphatic carbocycles. The molecule has 8 nitrogen and oxygen atoms in total. The minimum absolute atomic E-state index is 0.350. The van der Waals surface area contributed by atoms with Crippen LogP contribution in [-0.2, 0) is 11.3 Å². The van der Waals surface area contributed by atoms with Crippen LogP contribution >= 0.6 is 0 Å². The average Bonchev–Trinajstić information content (AvgIpc) is 3.54. The zero-order chi connectivity index (χ0) is 23.2. The molecule has 2 aromatic carbocycles. The van der Waals surface area contributed by atoms with Crippen molar-refractivity contribution < 1.29 is 9.18 Å². The molecule has 9 heteroatoms. The van der Waals surface area contributed by atoms with Crippen LogP contribution < -0.4 is 16.1 Å². The van der Waals surface area contributed by atoms with Gasteiger partial charge in [-0.2, -0.15) is 5.10 Å². The van der Waals surface area contributed by atoms with Gasteiger partial charge in [-0.1, -0.05) is 18.2 Å². The van der Waals surface area contributed by atoms with Gasteiger partial charge in [-0.05, 0) is 43.3 Å². The standard InChI is InChI=1S/C25H22FN7O/c26-15-6-7-22-18(10-15)23(13-32(22)9-3-8-27)33-24(14-34)30-31-25(33)20-11-17-16-4-1-2-5-19(16)29-21(17)12-28-20/h1-2,4-7,10-14,24,29-30H,3,8-9,27H2. The Bertz CT molecular complexity index is 1580. The minimum atomic E-state index is -0.743. The van der Waals surface area contributed by atoms with Crippen molar-refractivity contribution in [2.45, 2.75) is 19.1 Å². The third-order valence-electron chi connectivity index (χ3n) is 6.24. The second-order valence-corrected chi connectivity index (χ2v) is 8.31. The van der Waals surface area contributed by atoms with E-state index in [0.29, 0.717) is 35.7 Å². The molecular weight excluding hydrogens is 433 g/mol. The third-order valence-corrected chi connectivity index (χ3v) is 6.24. The number of anilines is 1. The van der Waals surface area contributed by atoms with Gasteiger partial charge < -0.3 is 15.3 Å². The molecule has 0 saturated carbocycles. The number of hydrazone groups is 1. The smallest absolute Gasteiger partial charge is 0.181 e. The summed E-state index contributed by atoms with van der Waals surface area (Å²) in [4.78, 5) is 21.8. The number of aryl methyl sites for hydroxylation is 1. The van der Waals surface area contributed by atoms with Crippen LogP contribution in [0.5, 0.6) is 0 Å². The molecule has 0 amide bonds. The van der Waals surface area contributed by atoms with Gasteiger partial charge in [0.25, 0.3) is 0 Å². The van der Waals surface area contributed by atoms with Gasteiger partial charge in [0.05, 0.1) is 22.9 Å². The van der Waals surface area contributed by atoms with Crippen molar-refractivity contribution in [2.24, 2.45) is 10.8 Å². The molecule has 170 valence electrons. The topological polar surface area (TPSA) is 104 Å². The van der Waals surface area contributed by atoms with Crippen LogP contribution in [0.25, 0.3) is 32.7 Å². The zero-order valence-corrected chi connectivity index (χ0v) is 18.2. The van der Waals surface area contributed by atoms with E-state index in [1.165, 1.54) is 12.1 Å². The molecule has 1 unspecified atom stereocenters. The number of nitrogens with zero attached hydrogens (tertiary/aromatic N) is 4. The van der Waals surface area contributed by atoms with E-state index < -0.39 is 6.17 Å². The molecule has 5 aromatic rings. The summed E-state index contributed by atoms with van der Waals surface area (Å²) in [5.41, 5.74) is 12.7. The monoisotopic (exact) mass is 455 g/mol. The Balaban J connectivity index is 1.51. The molecule has 1 atom stereocenters. The molecular formula is C25H22FN7O. The van der Waals surface area contributed by atoms with Crippen LogP contribution in [0.15, 0.2) is 66.0 Å². The largest absolute Gasteiger partial charge is 0.353 e. The lowest BCUT2D eigenvalue weighted by molar-refractivity contribution is -0.109. The minimum Gasteiger partial charge on any atom is -0.353 e. The Morgan fingerprint density at radius 2 is 1.97 bits per heavy atom. The van der Waals surface area contributed by atoms with Crippen molar-refractivity contribution in [1.29, 1.82) is 0 Å². The van der Waals surface area contributed by atoms with Crippen LogP contribution in [0.3, 0.4) is 0 Å². The summed E-state index contributed by atoms with van der Waals surface area (Å²) in [6.45, 7) is 1.22. The number of aldehydes is 1. The molecule has 0 fully saturated rings. The van der Waals surface area contributed by atoms with E-state index >= 15 is 0 Å². The van der Waals surface area contributed by atoms with E-state index in [2.05, 4.69) is 20.5 Å². The quantitative estimate of drug-likeness (QED) is 0.340. The summed E-state index contributed by atoms with van der Waals surface area (Å²) in [6.07, 6.45) is 4.50. The van der Waals surface area contributed by atoms with E-state index in [1.807, 2.05) is 41.1 Å². The molecule has 4 N–H and O–H groups in total. The summed E-state index contributed by atoms with van der Waals surface area (Å²) in [7, 11) is 0. The van der Waals surface area contributed by atoms with Crippen LogP contribution in [0.2, 0.25) is 0 Å². The van der Waals surface area contributed by atoms with Gasteiger partial charge in [0.15, 0.2) is 18.3 Å².